The number of nitrogens with zero attached hydrogens (tertiary/aromatic N) is 5. The van der Waals surface area contributed by atoms with E-state index in [9.17, 15) is 22.4 Å². The highest BCUT2D eigenvalue weighted by molar-refractivity contribution is 6.20. The van der Waals surface area contributed by atoms with E-state index < -0.39 is 29.9 Å². The summed E-state index contributed by atoms with van der Waals surface area (Å²) in [5.74, 6) is -1.39. The Morgan fingerprint density at radius 1 is 1.21 bits per heavy atom. The fourth-order valence-electron chi connectivity index (χ4n) is 3.07. The summed E-state index contributed by atoms with van der Waals surface area (Å²) >= 11 is 0. The number of carbonyl (C=O) groups excluding carboxylic acids is 1. The molecule has 0 aromatic carbocycles. The number of rotatable bonds is 6. The van der Waals surface area contributed by atoms with E-state index in [1.807, 2.05) is 0 Å². The third kappa shape index (κ3) is 5.41. The molecule has 3 aromatic rings. The van der Waals surface area contributed by atoms with Crippen LogP contribution in [0.25, 0.3) is 23.2 Å². The third-order valence-corrected chi connectivity index (χ3v) is 4.76. The van der Waals surface area contributed by atoms with Crippen molar-refractivity contribution in [2.75, 3.05) is 0 Å². The van der Waals surface area contributed by atoms with Crippen LogP contribution < -0.4 is 0 Å². The molecule has 1 fully saturated rings. The van der Waals surface area contributed by atoms with Gasteiger partial charge in [-0.05, 0) is 51.0 Å². The Hall–Kier alpha value is -3.63. The zero-order chi connectivity index (χ0) is 23.8. The Kier molecular flexibility index (Phi) is 5.96. The highest BCUT2D eigenvalue weighted by Crippen LogP contribution is 2.41. The van der Waals surface area contributed by atoms with E-state index in [1.54, 1.807) is 19.9 Å². The summed E-state index contributed by atoms with van der Waals surface area (Å²) in [6.45, 7) is 3.34. The first-order valence-corrected chi connectivity index (χ1v) is 10.2. The average molecular weight is 461 g/mol. The van der Waals surface area contributed by atoms with E-state index >= 15 is 0 Å². The van der Waals surface area contributed by atoms with Crippen LogP contribution in [0.4, 0.5) is 17.6 Å². The number of carbonyl (C=O) groups is 1. The van der Waals surface area contributed by atoms with Crippen molar-refractivity contribution in [2.24, 2.45) is 0 Å². The van der Waals surface area contributed by atoms with E-state index in [-0.39, 0.29) is 28.4 Å². The summed E-state index contributed by atoms with van der Waals surface area (Å²) in [7, 11) is 0. The highest BCUT2D eigenvalue weighted by Gasteiger charge is 2.35. The van der Waals surface area contributed by atoms with Gasteiger partial charge in [0.1, 0.15) is 12.0 Å². The SMILES string of the molecule is CC(C)OC(=O)/C(=C/n1cnc(-c2cc(C3CC3)nc(C(F)(F)F)c2)n1)c1ccc(F)nc1. The van der Waals surface area contributed by atoms with Crippen LogP contribution in [0.2, 0.25) is 0 Å². The molecule has 0 N–H and O–H groups in total. The molecule has 3 heterocycles. The van der Waals surface area contributed by atoms with Gasteiger partial charge in [-0.15, -0.1) is 5.10 Å². The third-order valence-electron chi connectivity index (χ3n) is 4.76. The van der Waals surface area contributed by atoms with E-state index in [0.29, 0.717) is 5.69 Å². The molecule has 0 radical (unpaired) electrons. The van der Waals surface area contributed by atoms with Gasteiger partial charge < -0.3 is 4.74 Å². The quantitative estimate of drug-likeness (QED) is 0.229. The molecule has 1 aliphatic rings. The summed E-state index contributed by atoms with van der Waals surface area (Å²) in [4.78, 5) is 24.0. The van der Waals surface area contributed by atoms with E-state index in [4.69, 9.17) is 4.74 Å². The molecule has 0 saturated heterocycles. The second-order valence-electron chi connectivity index (χ2n) is 7.85. The summed E-state index contributed by atoms with van der Waals surface area (Å²) in [6.07, 6.45) is 0.256. The maximum absolute atomic E-state index is 13.3. The van der Waals surface area contributed by atoms with Crippen LogP contribution in [0.15, 0.2) is 36.8 Å². The number of halogens is 4. The molecule has 33 heavy (non-hydrogen) atoms. The lowest BCUT2D eigenvalue weighted by Gasteiger charge is -2.11. The number of pyridine rings is 2. The van der Waals surface area contributed by atoms with Gasteiger partial charge >= 0.3 is 12.1 Å². The zero-order valence-electron chi connectivity index (χ0n) is 17.7. The number of alkyl halides is 3. The molecule has 11 heteroatoms. The van der Waals surface area contributed by atoms with Crippen molar-refractivity contribution in [1.29, 1.82) is 0 Å². The minimum Gasteiger partial charge on any atom is -0.459 e. The molecule has 0 aliphatic heterocycles. The smallest absolute Gasteiger partial charge is 0.433 e. The number of hydrogen-bond acceptors (Lipinski definition) is 6. The molecular formula is C22H19F4N5O2. The first kappa shape index (κ1) is 22.6. The molecule has 1 aliphatic carbocycles. The predicted octanol–water partition coefficient (Wildman–Crippen LogP) is 4.72. The Balaban J connectivity index is 1.72. The Morgan fingerprint density at radius 3 is 2.58 bits per heavy atom. The lowest BCUT2D eigenvalue weighted by atomic mass is 10.1. The van der Waals surface area contributed by atoms with Gasteiger partial charge in [-0.1, -0.05) is 0 Å². The number of ether oxygens (including phenoxy) is 1. The molecular weight excluding hydrogens is 442 g/mol. The molecule has 0 amide bonds. The van der Waals surface area contributed by atoms with Crippen LogP contribution in [-0.2, 0) is 15.7 Å². The summed E-state index contributed by atoms with van der Waals surface area (Å²) in [6, 6.07) is 4.89. The van der Waals surface area contributed by atoms with Gasteiger partial charge in [0.15, 0.2) is 5.82 Å². The first-order valence-electron chi connectivity index (χ1n) is 10.2. The summed E-state index contributed by atoms with van der Waals surface area (Å²) in [5.41, 5.74) is -0.186. The summed E-state index contributed by atoms with van der Waals surface area (Å²) in [5, 5.41) is 4.20. The Bertz CT molecular complexity index is 1200. The molecule has 1 saturated carbocycles. The minimum atomic E-state index is -4.61. The van der Waals surface area contributed by atoms with Crippen molar-refractivity contribution >= 4 is 17.7 Å². The van der Waals surface area contributed by atoms with Crippen molar-refractivity contribution in [3.63, 3.8) is 0 Å². The molecule has 0 spiro atoms. The van der Waals surface area contributed by atoms with E-state index in [2.05, 4.69) is 20.1 Å². The second kappa shape index (κ2) is 8.72. The minimum absolute atomic E-state index is 0.00332. The zero-order valence-corrected chi connectivity index (χ0v) is 17.7. The predicted molar refractivity (Wildman–Crippen MR) is 110 cm³/mol. The standard InChI is InChI=1S/C22H19F4N5O2/c1-12(2)33-21(32)16(14-5-6-19(23)27-9-14)10-31-11-28-20(30-31)15-7-17(13-3-4-13)29-18(8-15)22(24,25)26/h5-13H,3-4H2,1-2H3/b16-10+. The van der Waals surface area contributed by atoms with E-state index in [0.717, 1.165) is 25.0 Å². The average Bonchev–Trinajstić information content (AvgIpc) is 3.49. The van der Waals surface area contributed by atoms with Gasteiger partial charge in [-0.3, -0.25) is 0 Å². The van der Waals surface area contributed by atoms with Gasteiger partial charge in [0.25, 0.3) is 0 Å². The largest absolute Gasteiger partial charge is 0.459 e. The summed E-state index contributed by atoms with van der Waals surface area (Å²) < 4.78 is 59.6. The van der Waals surface area contributed by atoms with Crippen LogP contribution in [0, 0.1) is 5.95 Å². The Labute approximate surface area is 186 Å². The second-order valence-corrected chi connectivity index (χ2v) is 7.85. The fourth-order valence-corrected chi connectivity index (χ4v) is 3.07. The van der Waals surface area contributed by atoms with Crippen molar-refractivity contribution in [3.8, 4) is 11.4 Å². The van der Waals surface area contributed by atoms with Crippen LogP contribution in [-0.4, -0.2) is 36.8 Å². The lowest BCUT2D eigenvalue weighted by Crippen LogP contribution is -2.14. The maximum atomic E-state index is 13.3. The molecule has 4 rings (SSSR count). The molecule has 0 bridgehead atoms. The monoisotopic (exact) mass is 461 g/mol. The maximum Gasteiger partial charge on any atom is 0.433 e. The van der Waals surface area contributed by atoms with Crippen LogP contribution in [0.1, 0.15) is 49.6 Å². The van der Waals surface area contributed by atoms with Crippen LogP contribution >= 0.6 is 0 Å². The molecule has 172 valence electrons. The van der Waals surface area contributed by atoms with Crippen LogP contribution in [0.5, 0.6) is 0 Å². The van der Waals surface area contributed by atoms with E-state index in [1.165, 1.54) is 29.5 Å². The number of hydrogen-bond donors (Lipinski definition) is 0. The van der Waals surface area contributed by atoms with Crippen LogP contribution in [0.3, 0.4) is 0 Å². The molecule has 7 nitrogen and oxygen atoms in total. The normalized spacial score (nSPS) is 14.6. The van der Waals surface area contributed by atoms with Crippen molar-refractivity contribution < 1.29 is 27.1 Å². The van der Waals surface area contributed by atoms with Crippen molar-refractivity contribution in [2.45, 2.75) is 44.9 Å². The molecule has 0 unspecified atom stereocenters. The van der Waals surface area contributed by atoms with Gasteiger partial charge in [-0.2, -0.15) is 17.6 Å². The van der Waals surface area contributed by atoms with Gasteiger partial charge in [0.2, 0.25) is 5.95 Å². The first-order chi connectivity index (χ1) is 15.6. The number of aromatic nitrogens is 5. The Morgan fingerprint density at radius 2 is 1.97 bits per heavy atom. The van der Waals surface area contributed by atoms with Gasteiger partial charge in [0.05, 0.1) is 11.7 Å². The van der Waals surface area contributed by atoms with Crippen molar-refractivity contribution in [1.82, 2.24) is 24.7 Å². The molecule has 3 aromatic heterocycles. The highest BCUT2D eigenvalue weighted by atomic mass is 19.4. The lowest BCUT2D eigenvalue weighted by molar-refractivity contribution is -0.141. The van der Waals surface area contributed by atoms with Gasteiger partial charge in [0, 0.05) is 35.1 Å². The molecule has 0 atom stereocenters. The van der Waals surface area contributed by atoms with Crippen molar-refractivity contribution in [3.05, 3.63) is 59.7 Å². The number of esters is 1. The topological polar surface area (TPSA) is 82.8 Å². The van der Waals surface area contributed by atoms with Gasteiger partial charge in [-0.25, -0.2) is 24.4 Å². The fraction of sp³-hybridized carbons (Fsp3) is 0.318.